The molecule has 0 aliphatic heterocycles. The molecule has 0 bridgehead atoms. The number of hydrogen-bond acceptors (Lipinski definition) is 3. The predicted molar refractivity (Wildman–Crippen MR) is 77.3 cm³/mol. The van der Waals surface area contributed by atoms with Crippen LogP contribution in [0, 0.1) is 0 Å². The second-order valence-corrected chi connectivity index (χ2v) is 5.52. The van der Waals surface area contributed by atoms with E-state index in [4.69, 9.17) is 5.73 Å². The number of hydrogen-bond donors (Lipinski definition) is 3. The molecule has 1 aromatic carbocycles. The number of rotatable bonds is 4. The van der Waals surface area contributed by atoms with Crippen LogP contribution in [0.4, 0.5) is 0 Å². The van der Waals surface area contributed by atoms with E-state index in [0.29, 0.717) is 5.92 Å². The molecular formula is C15H17N5. The molecule has 20 heavy (non-hydrogen) atoms. The molecule has 0 unspecified atom stereocenters. The van der Waals surface area contributed by atoms with Crippen molar-refractivity contribution >= 4 is 10.9 Å². The third-order valence-corrected chi connectivity index (χ3v) is 3.93. The zero-order chi connectivity index (χ0) is 13.5. The maximum Gasteiger partial charge on any atom is 0.167 e. The summed E-state index contributed by atoms with van der Waals surface area (Å²) in [7, 11) is 0. The van der Waals surface area contributed by atoms with Gasteiger partial charge in [-0.15, -0.1) is 0 Å². The summed E-state index contributed by atoms with van der Waals surface area (Å²) >= 11 is 0. The first-order chi connectivity index (χ1) is 9.81. The highest BCUT2D eigenvalue weighted by molar-refractivity contribution is 5.83. The van der Waals surface area contributed by atoms with Crippen LogP contribution in [-0.4, -0.2) is 20.2 Å². The van der Waals surface area contributed by atoms with Crippen molar-refractivity contribution < 1.29 is 0 Å². The molecule has 1 aliphatic rings. The minimum atomic E-state index is -0.169. The van der Waals surface area contributed by atoms with Gasteiger partial charge in [0.1, 0.15) is 5.82 Å². The molecule has 0 saturated heterocycles. The SMILES string of the molecule is N[C@@H](Cc1c[nH]c2ccccc12)c1n[nH]c(C2CC2)n1. The Morgan fingerprint density at radius 3 is 3.00 bits per heavy atom. The number of H-pyrrole nitrogens is 2. The van der Waals surface area contributed by atoms with E-state index in [9.17, 15) is 0 Å². The molecule has 0 radical (unpaired) electrons. The van der Waals surface area contributed by atoms with Crippen LogP contribution in [-0.2, 0) is 6.42 Å². The maximum absolute atomic E-state index is 6.25. The third kappa shape index (κ3) is 2.00. The molecule has 5 heteroatoms. The summed E-state index contributed by atoms with van der Waals surface area (Å²) in [5, 5.41) is 8.51. The molecule has 4 rings (SSSR count). The monoisotopic (exact) mass is 267 g/mol. The van der Waals surface area contributed by atoms with Gasteiger partial charge in [0.25, 0.3) is 0 Å². The van der Waals surface area contributed by atoms with E-state index in [1.165, 1.54) is 23.8 Å². The maximum atomic E-state index is 6.25. The molecule has 1 saturated carbocycles. The van der Waals surface area contributed by atoms with Crippen LogP contribution in [0.5, 0.6) is 0 Å². The van der Waals surface area contributed by atoms with Crippen molar-refractivity contribution in [1.82, 2.24) is 20.2 Å². The van der Waals surface area contributed by atoms with Gasteiger partial charge in [-0.25, -0.2) is 4.98 Å². The highest BCUT2D eigenvalue weighted by Crippen LogP contribution is 2.38. The molecule has 5 nitrogen and oxygen atoms in total. The summed E-state index contributed by atoms with van der Waals surface area (Å²) in [6.45, 7) is 0. The molecule has 1 aliphatic carbocycles. The van der Waals surface area contributed by atoms with Crippen molar-refractivity contribution in [1.29, 1.82) is 0 Å². The normalized spacial score (nSPS) is 16.6. The highest BCUT2D eigenvalue weighted by atomic mass is 15.2. The fraction of sp³-hybridized carbons (Fsp3) is 0.333. The van der Waals surface area contributed by atoms with Gasteiger partial charge in [0, 0.05) is 23.0 Å². The summed E-state index contributed by atoms with van der Waals surface area (Å²) in [5.74, 6) is 2.29. The number of aromatic nitrogens is 4. The van der Waals surface area contributed by atoms with E-state index in [1.807, 2.05) is 18.3 Å². The second kappa shape index (κ2) is 4.45. The lowest BCUT2D eigenvalue weighted by atomic mass is 10.1. The standard InChI is InChI=1S/C15H17N5/c16-12(15-18-14(19-20-15)9-5-6-9)7-10-8-17-13-4-2-1-3-11(10)13/h1-4,8-9,12,17H,5-7,16H2,(H,18,19,20)/t12-/m0/s1. The number of nitrogens with two attached hydrogens (primary N) is 1. The van der Waals surface area contributed by atoms with Crippen LogP contribution in [0.2, 0.25) is 0 Å². The lowest BCUT2D eigenvalue weighted by Crippen LogP contribution is -2.15. The van der Waals surface area contributed by atoms with Gasteiger partial charge in [-0.3, -0.25) is 5.10 Å². The summed E-state index contributed by atoms with van der Waals surface area (Å²) in [5.41, 5.74) is 8.61. The van der Waals surface area contributed by atoms with Crippen LogP contribution in [0.15, 0.2) is 30.5 Å². The number of aromatic amines is 2. The zero-order valence-electron chi connectivity index (χ0n) is 11.1. The van der Waals surface area contributed by atoms with Gasteiger partial charge < -0.3 is 10.7 Å². The number of fused-ring (bicyclic) bond motifs is 1. The summed E-state index contributed by atoms with van der Waals surface area (Å²) in [6.07, 6.45) is 5.20. The van der Waals surface area contributed by atoms with Crippen molar-refractivity contribution in [2.24, 2.45) is 5.73 Å². The summed E-state index contributed by atoms with van der Waals surface area (Å²) < 4.78 is 0. The van der Waals surface area contributed by atoms with Crippen molar-refractivity contribution in [2.75, 3.05) is 0 Å². The minimum absolute atomic E-state index is 0.169. The third-order valence-electron chi connectivity index (χ3n) is 3.93. The first-order valence-electron chi connectivity index (χ1n) is 7.04. The Labute approximate surface area is 116 Å². The lowest BCUT2D eigenvalue weighted by molar-refractivity contribution is 0.673. The lowest BCUT2D eigenvalue weighted by Gasteiger charge is -2.06. The Hall–Kier alpha value is -2.14. The van der Waals surface area contributed by atoms with Gasteiger partial charge in [-0.2, -0.15) is 5.10 Å². The van der Waals surface area contributed by atoms with Gasteiger partial charge in [-0.05, 0) is 30.9 Å². The van der Waals surface area contributed by atoms with Crippen molar-refractivity contribution in [3.8, 4) is 0 Å². The van der Waals surface area contributed by atoms with E-state index < -0.39 is 0 Å². The average molecular weight is 267 g/mol. The van der Waals surface area contributed by atoms with Gasteiger partial charge in [0.2, 0.25) is 0 Å². The number of nitrogens with one attached hydrogen (secondary N) is 2. The zero-order valence-corrected chi connectivity index (χ0v) is 11.1. The number of para-hydroxylation sites is 1. The van der Waals surface area contributed by atoms with Gasteiger partial charge in [0.15, 0.2) is 5.82 Å². The molecule has 1 fully saturated rings. The summed E-state index contributed by atoms with van der Waals surface area (Å²) in [6, 6.07) is 8.09. The Morgan fingerprint density at radius 1 is 1.30 bits per heavy atom. The first kappa shape index (κ1) is 11.7. The Kier molecular flexibility index (Phi) is 2.60. The largest absolute Gasteiger partial charge is 0.361 e. The van der Waals surface area contributed by atoms with Crippen LogP contribution in [0.3, 0.4) is 0 Å². The second-order valence-electron chi connectivity index (χ2n) is 5.52. The van der Waals surface area contributed by atoms with Crippen molar-refractivity contribution in [3.63, 3.8) is 0 Å². The highest BCUT2D eigenvalue weighted by Gasteiger charge is 2.28. The van der Waals surface area contributed by atoms with Crippen molar-refractivity contribution in [3.05, 3.63) is 47.7 Å². The minimum Gasteiger partial charge on any atom is -0.361 e. The van der Waals surface area contributed by atoms with E-state index >= 15 is 0 Å². The number of benzene rings is 1. The molecular weight excluding hydrogens is 250 g/mol. The quantitative estimate of drug-likeness (QED) is 0.678. The van der Waals surface area contributed by atoms with Gasteiger partial charge >= 0.3 is 0 Å². The van der Waals surface area contributed by atoms with E-state index in [2.05, 4.69) is 32.3 Å². The van der Waals surface area contributed by atoms with Crippen LogP contribution in [0.1, 0.15) is 42.0 Å². The molecule has 102 valence electrons. The first-order valence-corrected chi connectivity index (χ1v) is 7.04. The Balaban J connectivity index is 1.57. The Bertz CT molecular complexity index is 737. The summed E-state index contributed by atoms with van der Waals surface area (Å²) in [4.78, 5) is 7.81. The molecule has 0 spiro atoms. The predicted octanol–water partition coefficient (Wildman–Crippen LogP) is 2.41. The van der Waals surface area contributed by atoms with Crippen LogP contribution in [0.25, 0.3) is 10.9 Å². The van der Waals surface area contributed by atoms with Gasteiger partial charge in [-0.1, -0.05) is 18.2 Å². The molecule has 2 heterocycles. The van der Waals surface area contributed by atoms with Crippen LogP contribution >= 0.6 is 0 Å². The van der Waals surface area contributed by atoms with Crippen molar-refractivity contribution in [2.45, 2.75) is 31.2 Å². The topological polar surface area (TPSA) is 83.4 Å². The van der Waals surface area contributed by atoms with E-state index in [-0.39, 0.29) is 6.04 Å². The fourth-order valence-corrected chi connectivity index (χ4v) is 2.62. The fourth-order valence-electron chi connectivity index (χ4n) is 2.62. The van der Waals surface area contributed by atoms with Gasteiger partial charge in [0.05, 0.1) is 6.04 Å². The van der Waals surface area contributed by atoms with Crippen LogP contribution < -0.4 is 5.73 Å². The van der Waals surface area contributed by atoms with E-state index in [0.717, 1.165) is 23.6 Å². The molecule has 2 aromatic heterocycles. The molecule has 1 atom stereocenters. The smallest absolute Gasteiger partial charge is 0.167 e. The molecule has 4 N–H and O–H groups in total. The average Bonchev–Trinajstić information content (AvgIpc) is 3.06. The molecule has 3 aromatic rings. The van der Waals surface area contributed by atoms with E-state index in [1.54, 1.807) is 0 Å². The Morgan fingerprint density at radius 2 is 2.15 bits per heavy atom. The number of nitrogens with zero attached hydrogens (tertiary/aromatic N) is 2. The molecule has 0 amide bonds.